The number of rotatable bonds is 4. The van der Waals surface area contributed by atoms with E-state index in [9.17, 15) is 0 Å². The summed E-state index contributed by atoms with van der Waals surface area (Å²) in [4.78, 5) is 0. The lowest BCUT2D eigenvalue weighted by molar-refractivity contribution is 0.340. The van der Waals surface area contributed by atoms with Crippen molar-refractivity contribution in [2.24, 2.45) is 29.6 Å². The number of nitrogens with one attached hydrogen (secondary N) is 1. The fourth-order valence-corrected chi connectivity index (χ4v) is 10.7. The average molecular weight is 361 g/mol. The van der Waals surface area contributed by atoms with Crippen molar-refractivity contribution >= 4 is 8.24 Å². The Kier molecular flexibility index (Phi) is 5.68. The van der Waals surface area contributed by atoms with E-state index in [1.807, 2.05) is 0 Å². The highest BCUT2D eigenvalue weighted by molar-refractivity contribution is 6.76. The molecule has 0 aromatic rings. The van der Waals surface area contributed by atoms with E-state index in [0.717, 1.165) is 23.3 Å². The molecule has 0 bridgehead atoms. The third kappa shape index (κ3) is 3.57. The molecule has 2 nitrogen and oxygen atoms in total. The SMILES string of the molecule is CC(C)C1=CC2C(CC(C)C2[Si](C)(C)N2CCNCC2)C(C(C)C)=C1. The fourth-order valence-electron chi connectivity index (χ4n) is 6.06. The van der Waals surface area contributed by atoms with Crippen LogP contribution in [0, 0.1) is 29.6 Å². The van der Waals surface area contributed by atoms with E-state index in [1.54, 1.807) is 11.1 Å². The number of hydrogen-bond acceptors (Lipinski definition) is 2. The standard InChI is InChI=1S/C22H40N2Si/c1-15(2)18-13-19(16(3)4)20-12-17(5)22(21(20)14-18)25(6,7)24-10-8-23-9-11-24/h13-17,20-23H,8-12H2,1-7H3. The van der Waals surface area contributed by atoms with Crippen molar-refractivity contribution < 1.29 is 0 Å². The van der Waals surface area contributed by atoms with Gasteiger partial charge < -0.3 is 9.88 Å². The quantitative estimate of drug-likeness (QED) is 0.716. The fraction of sp³-hybridized carbons (Fsp3) is 0.818. The molecule has 1 N–H and O–H groups in total. The van der Waals surface area contributed by atoms with Gasteiger partial charge in [-0.05, 0) is 47.1 Å². The second-order valence-electron chi connectivity index (χ2n) is 9.93. The third-order valence-corrected chi connectivity index (χ3v) is 12.0. The first-order valence-electron chi connectivity index (χ1n) is 10.6. The van der Waals surface area contributed by atoms with Crippen LogP contribution in [-0.4, -0.2) is 39.0 Å². The van der Waals surface area contributed by atoms with Crippen LogP contribution in [0.15, 0.2) is 23.3 Å². The molecule has 4 atom stereocenters. The van der Waals surface area contributed by atoms with Crippen molar-refractivity contribution in [1.82, 2.24) is 9.88 Å². The van der Waals surface area contributed by atoms with E-state index in [4.69, 9.17) is 0 Å². The van der Waals surface area contributed by atoms with E-state index in [2.05, 4.69) is 69.7 Å². The van der Waals surface area contributed by atoms with Gasteiger partial charge in [-0.15, -0.1) is 0 Å². The highest BCUT2D eigenvalue weighted by Gasteiger charge is 2.52. The van der Waals surface area contributed by atoms with Gasteiger partial charge in [0.15, 0.2) is 0 Å². The summed E-state index contributed by atoms with van der Waals surface area (Å²) in [5.41, 5.74) is 4.25. The molecule has 1 saturated carbocycles. The normalized spacial score (nSPS) is 34.3. The van der Waals surface area contributed by atoms with Crippen molar-refractivity contribution in [2.75, 3.05) is 26.2 Å². The summed E-state index contributed by atoms with van der Waals surface area (Å²) in [6.45, 7) is 22.3. The number of allylic oxidation sites excluding steroid dienone is 4. The van der Waals surface area contributed by atoms with Crippen LogP contribution >= 0.6 is 0 Å². The Morgan fingerprint density at radius 3 is 2.28 bits per heavy atom. The second-order valence-corrected chi connectivity index (χ2v) is 14.5. The largest absolute Gasteiger partial charge is 0.321 e. The second kappa shape index (κ2) is 7.32. The van der Waals surface area contributed by atoms with Crippen molar-refractivity contribution in [3.05, 3.63) is 23.3 Å². The van der Waals surface area contributed by atoms with E-state index in [-0.39, 0.29) is 0 Å². The lowest BCUT2D eigenvalue weighted by Gasteiger charge is -2.47. The molecule has 0 amide bonds. The lowest BCUT2D eigenvalue weighted by atomic mass is 9.76. The molecule has 4 unspecified atom stereocenters. The Bertz CT molecular complexity index is 540. The number of piperazine rings is 1. The number of fused-ring (bicyclic) bond motifs is 1. The van der Waals surface area contributed by atoms with Gasteiger partial charge in [-0.3, -0.25) is 0 Å². The van der Waals surface area contributed by atoms with Crippen LogP contribution in [0.25, 0.3) is 0 Å². The summed E-state index contributed by atoms with van der Waals surface area (Å²) in [5, 5.41) is 3.55. The first-order valence-corrected chi connectivity index (χ1v) is 13.6. The molecule has 1 heterocycles. The summed E-state index contributed by atoms with van der Waals surface area (Å²) >= 11 is 0. The Balaban J connectivity index is 1.94. The van der Waals surface area contributed by atoms with Crippen LogP contribution in [0.3, 0.4) is 0 Å². The average Bonchev–Trinajstić information content (AvgIpc) is 2.90. The topological polar surface area (TPSA) is 15.3 Å². The minimum Gasteiger partial charge on any atom is -0.321 e. The molecule has 0 spiro atoms. The van der Waals surface area contributed by atoms with Crippen molar-refractivity contribution in [3.8, 4) is 0 Å². The third-order valence-electron chi connectivity index (χ3n) is 7.35. The van der Waals surface area contributed by atoms with Gasteiger partial charge in [0.2, 0.25) is 0 Å². The van der Waals surface area contributed by atoms with Gasteiger partial charge in [0.05, 0.1) is 0 Å². The monoisotopic (exact) mass is 360 g/mol. The van der Waals surface area contributed by atoms with Crippen LogP contribution in [0.2, 0.25) is 18.6 Å². The highest BCUT2D eigenvalue weighted by atomic mass is 28.3. The number of hydrogen-bond donors (Lipinski definition) is 1. The van der Waals surface area contributed by atoms with Gasteiger partial charge in [-0.1, -0.05) is 65.4 Å². The predicted molar refractivity (Wildman–Crippen MR) is 112 cm³/mol. The van der Waals surface area contributed by atoms with Gasteiger partial charge in [-0.25, -0.2) is 0 Å². The maximum absolute atomic E-state index is 3.55. The van der Waals surface area contributed by atoms with Gasteiger partial charge in [0.1, 0.15) is 8.24 Å². The molecule has 1 saturated heterocycles. The zero-order valence-corrected chi connectivity index (χ0v) is 18.6. The minimum atomic E-state index is -1.45. The minimum absolute atomic E-state index is 0.648. The van der Waals surface area contributed by atoms with Crippen molar-refractivity contribution in [3.63, 3.8) is 0 Å². The molecular weight excluding hydrogens is 320 g/mol. The molecule has 142 valence electrons. The van der Waals surface area contributed by atoms with Gasteiger partial charge in [0.25, 0.3) is 0 Å². The van der Waals surface area contributed by atoms with E-state index >= 15 is 0 Å². The van der Waals surface area contributed by atoms with Crippen LogP contribution in [0.5, 0.6) is 0 Å². The Morgan fingerprint density at radius 1 is 1.08 bits per heavy atom. The molecule has 3 heteroatoms. The molecule has 1 aliphatic heterocycles. The Morgan fingerprint density at radius 2 is 1.72 bits per heavy atom. The van der Waals surface area contributed by atoms with Gasteiger partial charge in [-0.2, -0.15) is 0 Å². The predicted octanol–water partition coefficient (Wildman–Crippen LogP) is 4.92. The van der Waals surface area contributed by atoms with Crippen molar-refractivity contribution in [1.29, 1.82) is 0 Å². The summed E-state index contributed by atoms with van der Waals surface area (Å²) in [7, 11) is -1.45. The first-order chi connectivity index (χ1) is 11.7. The molecule has 0 radical (unpaired) electrons. The lowest BCUT2D eigenvalue weighted by Crippen LogP contribution is -2.60. The zero-order chi connectivity index (χ0) is 18.4. The molecule has 3 aliphatic rings. The van der Waals surface area contributed by atoms with E-state index < -0.39 is 8.24 Å². The van der Waals surface area contributed by atoms with Gasteiger partial charge in [0, 0.05) is 26.2 Å². The Hall–Kier alpha value is -0.383. The smallest absolute Gasteiger partial charge is 0.126 e. The summed E-state index contributed by atoms with van der Waals surface area (Å²) < 4.78 is 2.91. The molecule has 0 aromatic carbocycles. The highest BCUT2D eigenvalue weighted by Crippen LogP contribution is 2.57. The van der Waals surface area contributed by atoms with Crippen LogP contribution in [-0.2, 0) is 0 Å². The summed E-state index contributed by atoms with van der Waals surface area (Å²) in [6, 6.07) is 0. The van der Waals surface area contributed by atoms with E-state index in [1.165, 1.54) is 32.6 Å². The molecule has 2 aliphatic carbocycles. The van der Waals surface area contributed by atoms with Crippen LogP contribution in [0.1, 0.15) is 41.0 Å². The molecule has 2 fully saturated rings. The molecule has 3 rings (SSSR count). The molecule has 0 aromatic heterocycles. The van der Waals surface area contributed by atoms with Crippen LogP contribution < -0.4 is 5.32 Å². The van der Waals surface area contributed by atoms with Gasteiger partial charge >= 0.3 is 0 Å². The zero-order valence-electron chi connectivity index (χ0n) is 17.6. The summed E-state index contributed by atoms with van der Waals surface area (Å²) in [5.74, 6) is 3.78. The maximum atomic E-state index is 3.55. The summed E-state index contributed by atoms with van der Waals surface area (Å²) in [6.07, 6.45) is 6.70. The van der Waals surface area contributed by atoms with Crippen molar-refractivity contribution in [2.45, 2.75) is 59.7 Å². The number of nitrogens with zero attached hydrogens (tertiary/aromatic N) is 1. The maximum Gasteiger partial charge on any atom is 0.126 e. The molecule has 25 heavy (non-hydrogen) atoms. The first kappa shape index (κ1) is 19.4. The Labute approximate surface area is 157 Å². The van der Waals surface area contributed by atoms with Crippen LogP contribution in [0.4, 0.5) is 0 Å². The van der Waals surface area contributed by atoms with E-state index in [0.29, 0.717) is 11.8 Å². The molecular formula is C22H40N2Si.